The minimum atomic E-state index is -1.06. The van der Waals surface area contributed by atoms with E-state index in [1.165, 1.54) is 30.2 Å². The number of nitro groups is 1. The summed E-state index contributed by atoms with van der Waals surface area (Å²) in [6.07, 6.45) is -0.0311. The van der Waals surface area contributed by atoms with Crippen molar-refractivity contribution < 1.29 is 28.8 Å². The van der Waals surface area contributed by atoms with Gasteiger partial charge in [0.2, 0.25) is 5.91 Å². The molecule has 0 aromatic heterocycles. The molecule has 1 fully saturated rings. The monoisotopic (exact) mass is 532 g/mol. The Kier molecular flexibility index (Phi) is 8.40. The maximum absolute atomic E-state index is 13.7. The summed E-state index contributed by atoms with van der Waals surface area (Å²) in [4.78, 5) is 52.3. The van der Waals surface area contributed by atoms with Crippen LogP contribution in [0, 0.1) is 16.0 Å². The average molecular weight is 533 g/mol. The molecule has 202 valence electrons. The third kappa shape index (κ3) is 6.15. The van der Waals surface area contributed by atoms with Gasteiger partial charge in [-0.05, 0) is 41.8 Å². The first kappa shape index (κ1) is 27.1. The number of para-hydroxylation sites is 1. The molecule has 3 aromatic carbocycles. The molecule has 3 unspecified atom stereocenters. The van der Waals surface area contributed by atoms with Crippen molar-refractivity contribution >= 4 is 29.3 Å². The number of anilines is 1. The molecule has 0 aliphatic carbocycles. The highest BCUT2D eigenvalue weighted by Crippen LogP contribution is 2.43. The Morgan fingerprint density at radius 2 is 1.72 bits per heavy atom. The van der Waals surface area contributed by atoms with Gasteiger partial charge in [-0.1, -0.05) is 42.5 Å². The standard InChI is InChI=1S/C28H28N4O7/c1-38-22-13-11-18(12-14-22)17-29-26(33)24-16-23(27(34)39-2)25(19-7-6-10-21(15-19)32(36)37)31(24)28(35)30-20-8-4-3-5-9-20/h3-15,23-25H,16-17H2,1-2H3,(H,29,33)(H,30,35). The van der Waals surface area contributed by atoms with E-state index in [0.717, 1.165) is 5.56 Å². The van der Waals surface area contributed by atoms with Crippen molar-refractivity contribution in [1.82, 2.24) is 10.2 Å². The fourth-order valence-corrected chi connectivity index (χ4v) is 4.72. The average Bonchev–Trinajstić information content (AvgIpc) is 3.37. The Labute approximate surface area is 224 Å². The molecule has 39 heavy (non-hydrogen) atoms. The van der Waals surface area contributed by atoms with E-state index < -0.39 is 40.8 Å². The molecule has 11 nitrogen and oxygen atoms in total. The summed E-state index contributed by atoms with van der Waals surface area (Å²) in [5.74, 6) is -1.37. The Morgan fingerprint density at radius 3 is 2.36 bits per heavy atom. The molecule has 1 saturated heterocycles. The lowest BCUT2D eigenvalue weighted by Crippen LogP contribution is -2.48. The lowest BCUT2D eigenvalue weighted by atomic mass is 9.93. The summed E-state index contributed by atoms with van der Waals surface area (Å²) in [6, 6.07) is 18.8. The molecule has 4 rings (SSSR count). The summed E-state index contributed by atoms with van der Waals surface area (Å²) >= 11 is 0. The van der Waals surface area contributed by atoms with E-state index in [0.29, 0.717) is 17.0 Å². The maximum Gasteiger partial charge on any atom is 0.323 e. The minimum Gasteiger partial charge on any atom is -0.497 e. The van der Waals surface area contributed by atoms with Gasteiger partial charge < -0.3 is 25.0 Å². The molecule has 3 amide bonds. The molecule has 1 aliphatic rings. The molecule has 1 aliphatic heterocycles. The van der Waals surface area contributed by atoms with Crippen molar-refractivity contribution in [2.75, 3.05) is 19.5 Å². The highest BCUT2D eigenvalue weighted by molar-refractivity contribution is 5.96. The molecule has 3 aromatic rings. The third-order valence-corrected chi connectivity index (χ3v) is 6.61. The number of hydrogen-bond donors (Lipinski definition) is 2. The number of non-ortho nitro benzene ring substituents is 1. The van der Waals surface area contributed by atoms with Crippen LogP contribution in [0.15, 0.2) is 78.9 Å². The fourth-order valence-electron chi connectivity index (χ4n) is 4.72. The smallest absolute Gasteiger partial charge is 0.323 e. The molecule has 2 N–H and O–H groups in total. The number of benzene rings is 3. The van der Waals surface area contributed by atoms with Crippen LogP contribution in [0.25, 0.3) is 0 Å². The number of methoxy groups -OCH3 is 2. The second kappa shape index (κ2) is 12.1. The number of ether oxygens (including phenoxy) is 2. The van der Waals surface area contributed by atoms with Crippen LogP contribution >= 0.6 is 0 Å². The van der Waals surface area contributed by atoms with Gasteiger partial charge in [0.25, 0.3) is 5.69 Å². The van der Waals surface area contributed by atoms with E-state index in [1.54, 1.807) is 67.8 Å². The Bertz CT molecular complexity index is 1350. The SMILES string of the molecule is COC(=O)C1CC(C(=O)NCc2ccc(OC)cc2)N(C(=O)Nc2ccccc2)C1c1cccc([N+](=O)[O-])c1. The van der Waals surface area contributed by atoms with Gasteiger partial charge in [-0.2, -0.15) is 0 Å². The number of likely N-dealkylation sites (tertiary alicyclic amines) is 1. The first-order valence-corrected chi connectivity index (χ1v) is 12.2. The van der Waals surface area contributed by atoms with Crippen molar-refractivity contribution in [3.05, 3.63) is 100 Å². The Morgan fingerprint density at radius 1 is 1.00 bits per heavy atom. The van der Waals surface area contributed by atoms with Gasteiger partial charge in [0.1, 0.15) is 11.8 Å². The van der Waals surface area contributed by atoms with Crippen LogP contribution in [0.1, 0.15) is 23.6 Å². The van der Waals surface area contributed by atoms with Crippen molar-refractivity contribution in [3.63, 3.8) is 0 Å². The lowest BCUT2D eigenvalue weighted by Gasteiger charge is -2.31. The molecule has 0 radical (unpaired) electrons. The normalized spacial score (nSPS) is 18.2. The molecular formula is C28H28N4O7. The van der Waals surface area contributed by atoms with E-state index >= 15 is 0 Å². The predicted octanol–water partition coefficient (Wildman–Crippen LogP) is 4.06. The van der Waals surface area contributed by atoms with Crippen LogP contribution in [0.5, 0.6) is 5.75 Å². The topological polar surface area (TPSA) is 140 Å². The van der Waals surface area contributed by atoms with Crippen LogP contribution in [-0.4, -0.2) is 48.0 Å². The van der Waals surface area contributed by atoms with E-state index in [4.69, 9.17) is 9.47 Å². The van der Waals surface area contributed by atoms with Crippen LogP contribution in [-0.2, 0) is 20.9 Å². The lowest BCUT2D eigenvalue weighted by molar-refractivity contribution is -0.385. The molecule has 0 saturated carbocycles. The largest absolute Gasteiger partial charge is 0.497 e. The molecular weight excluding hydrogens is 504 g/mol. The number of nitro benzene ring substituents is 1. The molecule has 3 atom stereocenters. The number of carbonyl (C=O) groups excluding carboxylic acids is 3. The molecule has 0 spiro atoms. The second-order valence-electron chi connectivity index (χ2n) is 8.95. The zero-order valence-electron chi connectivity index (χ0n) is 21.4. The van der Waals surface area contributed by atoms with Crippen molar-refractivity contribution in [3.8, 4) is 5.75 Å². The Hall–Kier alpha value is -4.93. The van der Waals surface area contributed by atoms with Crippen LogP contribution < -0.4 is 15.4 Å². The third-order valence-electron chi connectivity index (χ3n) is 6.61. The van der Waals surface area contributed by atoms with E-state index in [2.05, 4.69) is 10.6 Å². The van der Waals surface area contributed by atoms with Gasteiger partial charge in [0, 0.05) is 24.4 Å². The summed E-state index contributed by atoms with van der Waals surface area (Å²) in [5, 5.41) is 17.1. The van der Waals surface area contributed by atoms with Crippen molar-refractivity contribution in [2.45, 2.75) is 25.0 Å². The van der Waals surface area contributed by atoms with E-state index in [1.807, 2.05) is 0 Å². The first-order chi connectivity index (χ1) is 18.8. The first-order valence-electron chi connectivity index (χ1n) is 12.2. The van der Waals surface area contributed by atoms with Gasteiger partial charge >= 0.3 is 12.0 Å². The summed E-state index contributed by atoms with van der Waals surface area (Å²) in [6.45, 7) is 0.178. The van der Waals surface area contributed by atoms with Crippen LogP contribution in [0.3, 0.4) is 0 Å². The highest BCUT2D eigenvalue weighted by atomic mass is 16.6. The van der Waals surface area contributed by atoms with E-state index in [9.17, 15) is 24.5 Å². The highest BCUT2D eigenvalue weighted by Gasteiger charge is 2.51. The van der Waals surface area contributed by atoms with Crippen molar-refractivity contribution in [2.24, 2.45) is 5.92 Å². The predicted molar refractivity (Wildman–Crippen MR) is 142 cm³/mol. The number of hydrogen-bond acceptors (Lipinski definition) is 7. The molecule has 0 bridgehead atoms. The summed E-state index contributed by atoms with van der Waals surface area (Å²) in [7, 11) is 2.78. The summed E-state index contributed by atoms with van der Waals surface area (Å²) in [5.41, 5.74) is 1.43. The van der Waals surface area contributed by atoms with Gasteiger partial charge in [-0.25, -0.2) is 4.79 Å². The van der Waals surface area contributed by atoms with Crippen LogP contribution in [0.4, 0.5) is 16.2 Å². The van der Waals surface area contributed by atoms with Gasteiger partial charge in [-0.15, -0.1) is 0 Å². The number of nitrogens with one attached hydrogen (secondary N) is 2. The quantitative estimate of drug-likeness (QED) is 0.253. The minimum absolute atomic E-state index is 0.0311. The summed E-state index contributed by atoms with van der Waals surface area (Å²) < 4.78 is 10.2. The number of carbonyl (C=O) groups is 3. The van der Waals surface area contributed by atoms with Crippen molar-refractivity contribution in [1.29, 1.82) is 0 Å². The second-order valence-corrected chi connectivity index (χ2v) is 8.95. The zero-order chi connectivity index (χ0) is 27.9. The number of esters is 1. The number of amides is 3. The fraction of sp³-hybridized carbons (Fsp3) is 0.250. The number of nitrogens with zero attached hydrogens (tertiary/aromatic N) is 2. The Balaban J connectivity index is 1.69. The van der Waals surface area contributed by atoms with Gasteiger partial charge in [0.15, 0.2) is 0 Å². The maximum atomic E-state index is 13.7. The molecule has 11 heteroatoms. The number of rotatable bonds is 8. The number of urea groups is 1. The van der Waals surface area contributed by atoms with Crippen LogP contribution in [0.2, 0.25) is 0 Å². The van der Waals surface area contributed by atoms with Gasteiger partial charge in [-0.3, -0.25) is 19.7 Å². The van der Waals surface area contributed by atoms with E-state index in [-0.39, 0.29) is 18.7 Å². The molecule has 1 heterocycles. The zero-order valence-corrected chi connectivity index (χ0v) is 21.4. The van der Waals surface area contributed by atoms with Gasteiger partial charge in [0.05, 0.1) is 31.1 Å².